The van der Waals surface area contributed by atoms with E-state index in [0.717, 1.165) is 39.2 Å². The molecule has 1 aliphatic heterocycles. The first-order chi connectivity index (χ1) is 12.7. The molecular formula is C22H17N3O. The monoisotopic (exact) mass is 339 g/mol. The zero-order valence-corrected chi connectivity index (χ0v) is 14.1. The molecule has 0 radical (unpaired) electrons. The van der Waals surface area contributed by atoms with Gasteiger partial charge in [-0.05, 0) is 47.0 Å². The van der Waals surface area contributed by atoms with Gasteiger partial charge in [0.15, 0.2) is 0 Å². The number of nitrogens with one attached hydrogen (secondary N) is 2. The minimum atomic E-state index is 0.0416. The average molecular weight is 339 g/mol. The summed E-state index contributed by atoms with van der Waals surface area (Å²) in [5.41, 5.74) is 6.90. The standard InChI is InChI=1S/C22H17N3O/c1-2-15-4-3-5-16(8-15)12-24-20-10-19(13-23-14-20)17-6-7-21-18(9-17)11-22(26)25-21/h1,3-10,13-14,24H,11-12H2,(H,25,26). The van der Waals surface area contributed by atoms with Gasteiger partial charge in [-0.1, -0.05) is 24.1 Å². The number of anilines is 2. The van der Waals surface area contributed by atoms with E-state index in [1.807, 2.05) is 48.7 Å². The lowest BCUT2D eigenvalue weighted by Gasteiger charge is -2.09. The maximum atomic E-state index is 11.5. The Balaban J connectivity index is 1.53. The molecule has 0 spiro atoms. The zero-order valence-electron chi connectivity index (χ0n) is 14.1. The van der Waals surface area contributed by atoms with Crippen molar-refractivity contribution in [3.8, 4) is 23.5 Å². The Labute approximate surface area is 152 Å². The number of carbonyl (C=O) groups excluding carboxylic acids is 1. The van der Waals surface area contributed by atoms with Gasteiger partial charge < -0.3 is 10.6 Å². The highest BCUT2D eigenvalue weighted by Crippen LogP contribution is 2.29. The summed E-state index contributed by atoms with van der Waals surface area (Å²) in [6.45, 7) is 0.670. The highest BCUT2D eigenvalue weighted by molar-refractivity contribution is 5.99. The lowest BCUT2D eigenvalue weighted by molar-refractivity contribution is -0.115. The topological polar surface area (TPSA) is 54.0 Å². The molecule has 26 heavy (non-hydrogen) atoms. The fraction of sp³-hybridized carbons (Fsp3) is 0.0909. The molecule has 1 aliphatic rings. The van der Waals surface area contributed by atoms with Crippen LogP contribution < -0.4 is 10.6 Å². The van der Waals surface area contributed by atoms with Crippen molar-refractivity contribution < 1.29 is 4.79 Å². The van der Waals surface area contributed by atoms with Crippen LogP contribution in [0.2, 0.25) is 0 Å². The van der Waals surface area contributed by atoms with Crippen molar-refractivity contribution in [3.63, 3.8) is 0 Å². The van der Waals surface area contributed by atoms with Gasteiger partial charge in [-0.15, -0.1) is 6.42 Å². The lowest BCUT2D eigenvalue weighted by atomic mass is 10.0. The van der Waals surface area contributed by atoms with Crippen LogP contribution in [0, 0.1) is 12.3 Å². The highest BCUT2D eigenvalue weighted by atomic mass is 16.1. The van der Waals surface area contributed by atoms with Crippen LogP contribution in [0.3, 0.4) is 0 Å². The van der Waals surface area contributed by atoms with Gasteiger partial charge in [-0.25, -0.2) is 0 Å². The SMILES string of the molecule is C#Cc1cccc(CNc2cncc(-c3ccc4c(c3)CC(=O)N4)c2)c1. The Kier molecular flexibility index (Phi) is 4.12. The third kappa shape index (κ3) is 3.28. The van der Waals surface area contributed by atoms with E-state index in [1.54, 1.807) is 6.20 Å². The molecule has 3 aromatic rings. The van der Waals surface area contributed by atoms with Crippen LogP contribution in [0.15, 0.2) is 60.9 Å². The van der Waals surface area contributed by atoms with Gasteiger partial charge in [-0.3, -0.25) is 9.78 Å². The second-order valence-electron chi connectivity index (χ2n) is 6.26. The molecule has 1 aromatic heterocycles. The van der Waals surface area contributed by atoms with E-state index in [4.69, 9.17) is 6.42 Å². The molecule has 4 nitrogen and oxygen atoms in total. The van der Waals surface area contributed by atoms with Crippen molar-refractivity contribution in [2.75, 3.05) is 10.6 Å². The summed E-state index contributed by atoms with van der Waals surface area (Å²) in [5, 5.41) is 6.24. The number of amides is 1. The van der Waals surface area contributed by atoms with E-state index >= 15 is 0 Å². The quantitative estimate of drug-likeness (QED) is 0.710. The number of nitrogens with zero attached hydrogens (tertiary/aromatic N) is 1. The largest absolute Gasteiger partial charge is 0.380 e. The van der Waals surface area contributed by atoms with Gasteiger partial charge in [0.1, 0.15) is 0 Å². The molecule has 2 heterocycles. The first kappa shape index (κ1) is 15.9. The first-order valence-electron chi connectivity index (χ1n) is 8.39. The van der Waals surface area contributed by atoms with E-state index < -0.39 is 0 Å². The highest BCUT2D eigenvalue weighted by Gasteiger charge is 2.17. The van der Waals surface area contributed by atoms with Crippen molar-refractivity contribution in [1.82, 2.24) is 4.98 Å². The van der Waals surface area contributed by atoms with Crippen molar-refractivity contribution in [1.29, 1.82) is 0 Å². The average Bonchev–Trinajstić information content (AvgIpc) is 3.06. The van der Waals surface area contributed by atoms with E-state index in [0.29, 0.717) is 13.0 Å². The van der Waals surface area contributed by atoms with Gasteiger partial charge in [0, 0.05) is 35.8 Å². The van der Waals surface area contributed by atoms with Gasteiger partial charge in [0.2, 0.25) is 5.91 Å². The number of pyridine rings is 1. The minimum Gasteiger partial charge on any atom is -0.380 e. The predicted molar refractivity (Wildman–Crippen MR) is 104 cm³/mol. The minimum absolute atomic E-state index is 0.0416. The van der Waals surface area contributed by atoms with Crippen LogP contribution in [0.5, 0.6) is 0 Å². The van der Waals surface area contributed by atoms with Gasteiger partial charge in [-0.2, -0.15) is 0 Å². The maximum absolute atomic E-state index is 11.5. The van der Waals surface area contributed by atoms with Crippen LogP contribution in [-0.4, -0.2) is 10.9 Å². The Bertz CT molecular complexity index is 1030. The van der Waals surface area contributed by atoms with Gasteiger partial charge in [0.25, 0.3) is 0 Å². The zero-order chi connectivity index (χ0) is 17.9. The molecule has 0 aliphatic carbocycles. The Morgan fingerprint density at radius 3 is 2.92 bits per heavy atom. The molecule has 2 aromatic carbocycles. The molecule has 4 rings (SSSR count). The van der Waals surface area contributed by atoms with Crippen LogP contribution in [0.1, 0.15) is 16.7 Å². The number of hydrogen-bond donors (Lipinski definition) is 2. The molecule has 0 unspecified atom stereocenters. The molecule has 0 fully saturated rings. The molecule has 126 valence electrons. The van der Waals surface area contributed by atoms with Crippen molar-refractivity contribution >= 4 is 17.3 Å². The summed E-state index contributed by atoms with van der Waals surface area (Å²) >= 11 is 0. The summed E-state index contributed by atoms with van der Waals surface area (Å²) in [5.74, 6) is 2.69. The molecule has 4 heteroatoms. The molecule has 0 bridgehead atoms. The van der Waals surface area contributed by atoms with Crippen LogP contribution in [-0.2, 0) is 17.8 Å². The van der Waals surface area contributed by atoms with Crippen LogP contribution in [0.25, 0.3) is 11.1 Å². The first-order valence-corrected chi connectivity index (χ1v) is 8.39. The lowest BCUT2D eigenvalue weighted by Crippen LogP contribution is -2.03. The van der Waals surface area contributed by atoms with E-state index in [-0.39, 0.29) is 5.91 Å². The molecule has 0 saturated heterocycles. The third-order valence-electron chi connectivity index (χ3n) is 4.39. The number of aromatic nitrogens is 1. The van der Waals surface area contributed by atoms with E-state index in [9.17, 15) is 4.79 Å². The smallest absolute Gasteiger partial charge is 0.228 e. The van der Waals surface area contributed by atoms with Crippen LogP contribution >= 0.6 is 0 Å². The molecule has 2 N–H and O–H groups in total. The number of fused-ring (bicyclic) bond motifs is 1. The van der Waals surface area contributed by atoms with Crippen molar-refractivity contribution in [3.05, 3.63) is 77.6 Å². The summed E-state index contributed by atoms with van der Waals surface area (Å²) in [6, 6.07) is 16.0. The van der Waals surface area contributed by atoms with E-state index in [1.165, 1.54) is 0 Å². The Morgan fingerprint density at radius 2 is 2.04 bits per heavy atom. The van der Waals surface area contributed by atoms with Gasteiger partial charge >= 0.3 is 0 Å². The number of terminal acetylenes is 1. The number of carbonyl (C=O) groups is 1. The number of rotatable bonds is 4. The second kappa shape index (κ2) is 6.73. The van der Waals surface area contributed by atoms with Gasteiger partial charge in [0.05, 0.1) is 12.1 Å². The Morgan fingerprint density at radius 1 is 1.12 bits per heavy atom. The summed E-state index contributed by atoms with van der Waals surface area (Å²) in [6.07, 6.45) is 9.51. The second-order valence-corrected chi connectivity index (χ2v) is 6.26. The molecular weight excluding hydrogens is 322 g/mol. The molecule has 0 atom stereocenters. The summed E-state index contributed by atoms with van der Waals surface area (Å²) in [7, 11) is 0. The molecule has 1 amide bonds. The normalized spacial score (nSPS) is 12.2. The van der Waals surface area contributed by atoms with Crippen LogP contribution in [0.4, 0.5) is 11.4 Å². The molecule has 0 saturated carbocycles. The predicted octanol–water partition coefficient (Wildman–Crippen LogP) is 3.84. The fourth-order valence-corrected chi connectivity index (χ4v) is 3.08. The third-order valence-corrected chi connectivity index (χ3v) is 4.39. The Hall–Kier alpha value is -3.58. The number of benzene rings is 2. The van der Waals surface area contributed by atoms with E-state index in [2.05, 4.69) is 27.6 Å². The fourth-order valence-electron chi connectivity index (χ4n) is 3.08. The summed E-state index contributed by atoms with van der Waals surface area (Å²) in [4.78, 5) is 15.9. The number of hydrogen-bond acceptors (Lipinski definition) is 3. The van der Waals surface area contributed by atoms with Crippen molar-refractivity contribution in [2.45, 2.75) is 13.0 Å². The maximum Gasteiger partial charge on any atom is 0.228 e. The van der Waals surface area contributed by atoms with Crippen molar-refractivity contribution in [2.24, 2.45) is 0 Å². The summed E-state index contributed by atoms with van der Waals surface area (Å²) < 4.78 is 0.